The van der Waals surface area contributed by atoms with Gasteiger partial charge < -0.3 is 9.47 Å². The Bertz CT molecular complexity index is 435. The third-order valence-corrected chi connectivity index (χ3v) is 7.46. The molecular formula is C32H64O3. The summed E-state index contributed by atoms with van der Waals surface area (Å²) in [5.41, 5.74) is 0. The van der Waals surface area contributed by atoms with E-state index in [-0.39, 0.29) is 5.97 Å². The molecule has 0 aliphatic carbocycles. The lowest BCUT2D eigenvalue weighted by atomic mass is 9.92. The quantitative estimate of drug-likeness (QED) is 0.0838. The molecule has 2 atom stereocenters. The Morgan fingerprint density at radius 2 is 1.14 bits per heavy atom. The van der Waals surface area contributed by atoms with Crippen molar-refractivity contribution in [1.29, 1.82) is 0 Å². The van der Waals surface area contributed by atoms with Gasteiger partial charge in [-0.25, -0.2) is 0 Å². The molecule has 210 valence electrons. The van der Waals surface area contributed by atoms with Crippen molar-refractivity contribution in [3.63, 3.8) is 0 Å². The molecule has 0 aliphatic rings. The number of unbranched alkanes of at least 4 members (excludes halogenated alkanes) is 13. The fourth-order valence-electron chi connectivity index (χ4n) is 4.75. The molecule has 0 saturated heterocycles. The van der Waals surface area contributed by atoms with Crippen LogP contribution >= 0.6 is 0 Å². The van der Waals surface area contributed by atoms with E-state index < -0.39 is 0 Å². The predicted molar refractivity (Wildman–Crippen MR) is 153 cm³/mol. The summed E-state index contributed by atoms with van der Waals surface area (Å²) < 4.78 is 11.7. The fourth-order valence-corrected chi connectivity index (χ4v) is 4.75. The number of hydrogen-bond donors (Lipinski definition) is 0. The van der Waals surface area contributed by atoms with Crippen molar-refractivity contribution >= 4 is 5.97 Å². The number of carbonyl (C=O) groups is 1. The lowest BCUT2D eigenvalue weighted by Crippen LogP contribution is -2.19. The first-order chi connectivity index (χ1) is 17.0. The Hall–Kier alpha value is -0.570. The molecule has 0 aromatic carbocycles. The molecule has 0 fully saturated rings. The zero-order chi connectivity index (χ0) is 26.0. The molecule has 3 nitrogen and oxygen atoms in total. The van der Waals surface area contributed by atoms with E-state index in [0.717, 1.165) is 51.2 Å². The minimum Gasteiger partial charge on any atom is -0.465 e. The first-order valence-electron chi connectivity index (χ1n) is 15.8. The maximum Gasteiger partial charge on any atom is 0.305 e. The van der Waals surface area contributed by atoms with Gasteiger partial charge in [-0.2, -0.15) is 0 Å². The van der Waals surface area contributed by atoms with E-state index in [9.17, 15) is 4.79 Å². The van der Waals surface area contributed by atoms with Crippen molar-refractivity contribution in [3.8, 4) is 0 Å². The molecule has 0 radical (unpaired) electrons. The fraction of sp³-hybridized carbons (Fsp3) is 0.969. The Morgan fingerprint density at radius 1 is 0.629 bits per heavy atom. The van der Waals surface area contributed by atoms with Gasteiger partial charge in [0.2, 0.25) is 0 Å². The standard InChI is InChI=1S/C32H64O3/c1-6-9-10-11-12-16-19-22-25-34-27-30(7-2)26-31(8-3)28-35-32(33)24-21-18-15-13-14-17-20-23-29(4)5/h29-31H,6-28H2,1-5H3. The summed E-state index contributed by atoms with van der Waals surface area (Å²) in [5.74, 6) is 1.87. The van der Waals surface area contributed by atoms with E-state index in [1.54, 1.807) is 0 Å². The lowest BCUT2D eigenvalue weighted by Gasteiger charge is -2.21. The van der Waals surface area contributed by atoms with E-state index >= 15 is 0 Å². The first kappa shape index (κ1) is 34.4. The van der Waals surface area contributed by atoms with Crippen LogP contribution in [0.5, 0.6) is 0 Å². The summed E-state index contributed by atoms with van der Waals surface area (Å²) in [6.07, 6.45) is 24.8. The monoisotopic (exact) mass is 496 g/mol. The van der Waals surface area contributed by atoms with Crippen LogP contribution in [-0.2, 0) is 14.3 Å². The van der Waals surface area contributed by atoms with Crippen LogP contribution in [-0.4, -0.2) is 25.8 Å². The van der Waals surface area contributed by atoms with E-state index in [0.29, 0.717) is 24.9 Å². The van der Waals surface area contributed by atoms with Gasteiger partial charge in [-0.3, -0.25) is 4.79 Å². The van der Waals surface area contributed by atoms with Crippen molar-refractivity contribution in [2.75, 3.05) is 19.8 Å². The topological polar surface area (TPSA) is 35.5 Å². The number of carbonyl (C=O) groups excluding carboxylic acids is 1. The van der Waals surface area contributed by atoms with Crippen molar-refractivity contribution in [2.24, 2.45) is 17.8 Å². The first-order valence-corrected chi connectivity index (χ1v) is 15.8. The Labute approximate surface area is 220 Å². The van der Waals surface area contributed by atoms with Gasteiger partial charge in [0.1, 0.15) is 0 Å². The van der Waals surface area contributed by atoms with Gasteiger partial charge >= 0.3 is 5.97 Å². The average molecular weight is 497 g/mol. The molecule has 0 aromatic heterocycles. The average Bonchev–Trinajstić information content (AvgIpc) is 2.85. The second-order valence-corrected chi connectivity index (χ2v) is 11.4. The molecule has 0 spiro atoms. The second kappa shape index (κ2) is 26.5. The van der Waals surface area contributed by atoms with Crippen LogP contribution in [0.3, 0.4) is 0 Å². The van der Waals surface area contributed by atoms with E-state index in [2.05, 4.69) is 34.6 Å². The van der Waals surface area contributed by atoms with Gasteiger partial charge in [0.15, 0.2) is 0 Å². The highest BCUT2D eigenvalue weighted by molar-refractivity contribution is 5.69. The second-order valence-electron chi connectivity index (χ2n) is 11.4. The minimum atomic E-state index is -0.000578. The summed E-state index contributed by atoms with van der Waals surface area (Å²) in [4.78, 5) is 12.2. The van der Waals surface area contributed by atoms with Crippen LogP contribution in [0.2, 0.25) is 0 Å². The van der Waals surface area contributed by atoms with Crippen LogP contribution in [0.1, 0.15) is 163 Å². The Balaban J connectivity index is 3.73. The lowest BCUT2D eigenvalue weighted by molar-refractivity contribution is -0.145. The van der Waals surface area contributed by atoms with Crippen LogP contribution in [0.15, 0.2) is 0 Å². The molecule has 0 N–H and O–H groups in total. The third-order valence-electron chi connectivity index (χ3n) is 7.46. The maximum atomic E-state index is 12.2. The van der Waals surface area contributed by atoms with Crippen LogP contribution in [0.25, 0.3) is 0 Å². The summed E-state index contributed by atoms with van der Waals surface area (Å²) >= 11 is 0. The van der Waals surface area contributed by atoms with Crippen molar-refractivity contribution in [2.45, 2.75) is 163 Å². The minimum absolute atomic E-state index is 0.000578. The van der Waals surface area contributed by atoms with Crippen LogP contribution in [0, 0.1) is 17.8 Å². The molecule has 0 aliphatic heterocycles. The number of ether oxygens (including phenoxy) is 2. The SMILES string of the molecule is CCCCCCCCCCOCC(CC)CC(CC)COC(=O)CCCCCCCCCC(C)C. The highest BCUT2D eigenvalue weighted by Crippen LogP contribution is 2.20. The smallest absolute Gasteiger partial charge is 0.305 e. The number of hydrogen-bond acceptors (Lipinski definition) is 3. The molecule has 3 heteroatoms. The van der Waals surface area contributed by atoms with Crippen LogP contribution in [0.4, 0.5) is 0 Å². The van der Waals surface area contributed by atoms with E-state index in [1.807, 2.05) is 0 Å². The van der Waals surface area contributed by atoms with Crippen molar-refractivity contribution < 1.29 is 14.3 Å². The highest BCUT2D eigenvalue weighted by atomic mass is 16.5. The van der Waals surface area contributed by atoms with E-state index in [4.69, 9.17) is 9.47 Å². The molecule has 0 heterocycles. The largest absolute Gasteiger partial charge is 0.465 e. The zero-order valence-electron chi connectivity index (χ0n) is 24.7. The predicted octanol–water partition coefficient (Wildman–Crippen LogP) is 10.3. The summed E-state index contributed by atoms with van der Waals surface area (Å²) in [6.45, 7) is 13.7. The molecule has 2 unspecified atom stereocenters. The zero-order valence-corrected chi connectivity index (χ0v) is 24.7. The molecule has 0 bridgehead atoms. The van der Waals surface area contributed by atoms with Crippen molar-refractivity contribution in [3.05, 3.63) is 0 Å². The van der Waals surface area contributed by atoms with Crippen LogP contribution < -0.4 is 0 Å². The number of rotatable bonds is 27. The summed E-state index contributed by atoms with van der Waals surface area (Å²) in [6, 6.07) is 0. The molecule has 35 heavy (non-hydrogen) atoms. The van der Waals surface area contributed by atoms with Gasteiger partial charge in [-0.05, 0) is 37.0 Å². The molecule has 0 saturated carbocycles. The summed E-state index contributed by atoms with van der Waals surface area (Å²) in [7, 11) is 0. The molecule has 0 amide bonds. The molecule has 0 rings (SSSR count). The van der Waals surface area contributed by atoms with Gasteiger partial charge in [0.25, 0.3) is 0 Å². The Morgan fingerprint density at radius 3 is 1.71 bits per heavy atom. The van der Waals surface area contributed by atoms with Gasteiger partial charge in [-0.1, -0.05) is 137 Å². The maximum absolute atomic E-state index is 12.2. The van der Waals surface area contributed by atoms with Crippen molar-refractivity contribution in [1.82, 2.24) is 0 Å². The normalized spacial score (nSPS) is 13.3. The molecular weight excluding hydrogens is 432 g/mol. The van der Waals surface area contributed by atoms with Gasteiger partial charge in [0, 0.05) is 19.6 Å². The van der Waals surface area contributed by atoms with E-state index in [1.165, 1.54) is 89.9 Å². The third kappa shape index (κ3) is 24.9. The van der Waals surface area contributed by atoms with Gasteiger partial charge in [0.05, 0.1) is 6.61 Å². The highest BCUT2D eigenvalue weighted by Gasteiger charge is 2.16. The number of esters is 1. The molecule has 0 aromatic rings. The Kier molecular flexibility index (Phi) is 26.1. The van der Waals surface area contributed by atoms with Gasteiger partial charge in [-0.15, -0.1) is 0 Å². The summed E-state index contributed by atoms with van der Waals surface area (Å²) in [5, 5.41) is 0.